The van der Waals surface area contributed by atoms with E-state index in [9.17, 15) is 0 Å². The van der Waals surface area contributed by atoms with Crippen LogP contribution in [0.25, 0.3) is 0 Å². The van der Waals surface area contributed by atoms with Gasteiger partial charge in [0.05, 0.1) is 0 Å². The highest BCUT2D eigenvalue weighted by Gasteiger charge is 1.99. The summed E-state index contributed by atoms with van der Waals surface area (Å²) in [6.07, 6.45) is 0.952. The molecule has 0 bridgehead atoms. The Kier molecular flexibility index (Phi) is 6.22. The molecule has 0 unspecified atom stereocenters. The number of nitrogens with one attached hydrogen (secondary N) is 1. The molecular formula is C12H20ClN3O. The van der Waals surface area contributed by atoms with Crippen LogP contribution >= 0.6 is 11.6 Å². The van der Waals surface area contributed by atoms with Crippen molar-refractivity contribution in [3.8, 4) is 0 Å². The average Bonchev–Trinajstić information content (AvgIpc) is 2.21. The molecule has 5 heteroatoms. The molecule has 0 aromatic carbocycles. The van der Waals surface area contributed by atoms with Gasteiger partial charge >= 0.3 is 0 Å². The fraction of sp³-hybridized carbons (Fsp3) is 0.667. The molecule has 1 aromatic rings. The molecule has 1 heterocycles. The number of aryl methyl sites for hydroxylation is 1. The van der Waals surface area contributed by atoms with E-state index >= 15 is 0 Å². The van der Waals surface area contributed by atoms with E-state index in [0.29, 0.717) is 5.92 Å². The van der Waals surface area contributed by atoms with Crippen LogP contribution in [0.1, 0.15) is 26.0 Å². The second-order valence-electron chi connectivity index (χ2n) is 4.41. The van der Waals surface area contributed by atoms with Gasteiger partial charge in [-0.05, 0) is 30.9 Å². The normalized spacial score (nSPS) is 10.9. The monoisotopic (exact) mass is 257 g/mol. The van der Waals surface area contributed by atoms with E-state index in [2.05, 4.69) is 29.1 Å². The number of ether oxygens (including phenoxy) is 1. The van der Waals surface area contributed by atoms with Crippen LogP contribution in [0.4, 0.5) is 5.82 Å². The number of halogens is 1. The van der Waals surface area contributed by atoms with Crippen molar-refractivity contribution < 1.29 is 4.74 Å². The molecule has 0 spiro atoms. The summed E-state index contributed by atoms with van der Waals surface area (Å²) >= 11 is 5.76. The third kappa shape index (κ3) is 6.44. The summed E-state index contributed by atoms with van der Waals surface area (Å²) < 4.78 is 5.48. The van der Waals surface area contributed by atoms with E-state index in [4.69, 9.17) is 16.3 Å². The molecule has 1 N–H and O–H groups in total. The van der Waals surface area contributed by atoms with Gasteiger partial charge in [0.15, 0.2) is 0 Å². The number of rotatable bonds is 7. The first-order valence-corrected chi connectivity index (χ1v) is 6.28. The topological polar surface area (TPSA) is 47.0 Å². The summed E-state index contributed by atoms with van der Waals surface area (Å²) in [5.74, 6) is 1.36. The average molecular weight is 258 g/mol. The van der Waals surface area contributed by atoms with E-state index < -0.39 is 0 Å². The van der Waals surface area contributed by atoms with Gasteiger partial charge in [0, 0.05) is 31.5 Å². The summed E-state index contributed by atoms with van der Waals surface area (Å²) in [6.45, 7) is 8.59. The van der Waals surface area contributed by atoms with Gasteiger partial charge in [-0.25, -0.2) is 9.97 Å². The quantitative estimate of drug-likeness (QED) is 0.603. The Balaban J connectivity index is 2.18. The van der Waals surface area contributed by atoms with Gasteiger partial charge in [-0.3, -0.25) is 0 Å². The van der Waals surface area contributed by atoms with Crippen molar-refractivity contribution in [2.45, 2.75) is 27.2 Å². The van der Waals surface area contributed by atoms with Gasteiger partial charge in [0.2, 0.25) is 5.28 Å². The van der Waals surface area contributed by atoms with Gasteiger partial charge in [0.25, 0.3) is 0 Å². The molecule has 0 fully saturated rings. The van der Waals surface area contributed by atoms with Crippen LogP contribution in [0.3, 0.4) is 0 Å². The molecule has 0 aliphatic rings. The lowest BCUT2D eigenvalue weighted by molar-refractivity contribution is 0.110. The highest BCUT2D eigenvalue weighted by molar-refractivity contribution is 6.28. The number of nitrogens with zero attached hydrogens (tertiary/aromatic N) is 2. The largest absolute Gasteiger partial charge is 0.381 e. The maximum absolute atomic E-state index is 5.76. The van der Waals surface area contributed by atoms with E-state index in [1.165, 1.54) is 0 Å². The molecule has 96 valence electrons. The maximum atomic E-state index is 5.76. The van der Waals surface area contributed by atoms with E-state index in [1.807, 2.05) is 13.0 Å². The fourth-order valence-electron chi connectivity index (χ4n) is 1.33. The molecule has 4 nitrogen and oxygen atoms in total. The van der Waals surface area contributed by atoms with Gasteiger partial charge in [-0.2, -0.15) is 0 Å². The van der Waals surface area contributed by atoms with Crippen LogP contribution in [-0.4, -0.2) is 29.7 Å². The Morgan fingerprint density at radius 3 is 2.82 bits per heavy atom. The maximum Gasteiger partial charge on any atom is 0.224 e. The van der Waals surface area contributed by atoms with Crippen molar-refractivity contribution in [3.63, 3.8) is 0 Å². The third-order valence-corrected chi connectivity index (χ3v) is 2.22. The van der Waals surface area contributed by atoms with Crippen molar-refractivity contribution in [1.29, 1.82) is 0 Å². The predicted molar refractivity (Wildman–Crippen MR) is 70.5 cm³/mol. The van der Waals surface area contributed by atoms with Gasteiger partial charge in [-0.15, -0.1) is 0 Å². The van der Waals surface area contributed by atoms with Gasteiger partial charge < -0.3 is 10.1 Å². The minimum absolute atomic E-state index is 0.281. The zero-order valence-corrected chi connectivity index (χ0v) is 11.4. The second-order valence-corrected chi connectivity index (χ2v) is 4.75. The summed E-state index contributed by atoms with van der Waals surface area (Å²) in [6, 6.07) is 1.88. The van der Waals surface area contributed by atoms with Crippen molar-refractivity contribution in [2.24, 2.45) is 5.92 Å². The first kappa shape index (κ1) is 14.2. The summed E-state index contributed by atoms with van der Waals surface area (Å²) in [4.78, 5) is 8.08. The van der Waals surface area contributed by atoms with Crippen LogP contribution in [0.2, 0.25) is 5.28 Å². The molecule has 17 heavy (non-hydrogen) atoms. The van der Waals surface area contributed by atoms with Crippen molar-refractivity contribution in [2.75, 3.05) is 25.1 Å². The van der Waals surface area contributed by atoms with E-state index in [1.54, 1.807) is 0 Å². The lowest BCUT2D eigenvalue weighted by Crippen LogP contribution is -2.09. The van der Waals surface area contributed by atoms with Crippen LogP contribution in [-0.2, 0) is 4.74 Å². The molecule has 1 aromatic heterocycles. The molecule has 0 saturated heterocycles. The molecular weight excluding hydrogens is 238 g/mol. The molecule has 0 radical (unpaired) electrons. The smallest absolute Gasteiger partial charge is 0.224 e. The van der Waals surface area contributed by atoms with Crippen LogP contribution in [0.5, 0.6) is 0 Å². The Morgan fingerprint density at radius 2 is 2.18 bits per heavy atom. The molecule has 0 saturated carbocycles. The SMILES string of the molecule is Cc1cc(NCCCOCC(C)C)nc(Cl)n1. The zero-order chi connectivity index (χ0) is 12.7. The van der Waals surface area contributed by atoms with Crippen molar-refractivity contribution >= 4 is 17.4 Å². The van der Waals surface area contributed by atoms with Crippen LogP contribution in [0.15, 0.2) is 6.07 Å². The van der Waals surface area contributed by atoms with Crippen LogP contribution in [0, 0.1) is 12.8 Å². The Labute approximate surface area is 108 Å². The summed E-state index contributed by atoms with van der Waals surface area (Å²) in [5, 5.41) is 3.48. The van der Waals surface area contributed by atoms with Gasteiger partial charge in [0.1, 0.15) is 5.82 Å². The molecule has 1 rings (SSSR count). The first-order valence-electron chi connectivity index (χ1n) is 5.90. The molecule has 0 atom stereocenters. The zero-order valence-electron chi connectivity index (χ0n) is 10.7. The Bertz CT molecular complexity index is 324. The fourth-order valence-corrected chi connectivity index (χ4v) is 1.56. The Morgan fingerprint density at radius 1 is 1.41 bits per heavy atom. The Hall–Kier alpha value is -0.870. The summed E-state index contributed by atoms with van der Waals surface area (Å²) in [5.41, 5.74) is 0.864. The summed E-state index contributed by atoms with van der Waals surface area (Å²) in [7, 11) is 0. The van der Waals surface area contributed by atoms with E-state index in [0.717, 1.165) is 37.7 Å². The highest BCUT2D eigenvalue weighted by atomic mass is 35.5. The highest BCUT2D eigenvalue weighted by Crippen LogP contribution is 2.09. The molecule has 0 aliphatic heterocycles. The first-order chi connectivity index (χ1) is 8.08. The number of hydrogen-bond donors (Lipinski definition) is 1. The lowest BCUT2D eigenvalue weighted by atomic mass is 10.2. The minimum Gasteiger partial charge on any atom is -0.381 e. The van der Waals surface area contributed by atoms with Crippen LogP contribution < -0.4 is 5.32 Å². The van der Waals surface area contributed by atoms with Crippen molar-refractivity contribution in [3.05, 3.63) is 17.0 Å². The molecule has 0 aliphatic carbocycles. The third-order valence-electron chi connectivity index (χ3n) is 2.05. The standard InChI is InChI=1S/C12H20ClN3O/c1-9(2)8-17-6-4-5-14-11-7-10(3)15-12(13)16-11/h7,9H,4-6,8H2,1-3H3,(H,14,15,16). The minimum atomic E-state index is 0.281. The number of hydrogen-bond acceptors (Lipinski definition) is 4. The van der Waals surface area contributed by atoms with Crippen molar-refractivity contribution in [1.82, 2.24) is 9.97 Å². The second kappa shape index (κ2) is 7.45. The predicted octanol–water partition coefficient (Wildman–Crippen LogP) is 2.91. The number of anilines is 1. The van der Waals surface area contributed by atoms with Gasteiger partial charge in [-0.1, -0.05) is 13.8 Å². The lowest BCUT2D eigenvalue weighted by Gasteiger charge is -2.08. The number of aromatic nitrogens is 2. The van der Waals surface area contributed by atoms with E-state index in [-0.39, 0.29) is 5.28 Å². The molecule has 0 amide bonds.